The second kappa shape index (κ2) is 8.25. The van der Waals surface area contributed by atoms with Gasteiger partial charge in [0, 0.05) is 30.2 Å². The molecule has 4 rings (SSSR count). The topological polar surface area (TPSA) is 66.0 Å². The third-order valence-electron chi connectivity index (χ3n) is 5.00. The van der Waals surface area contributed by atoms with Crippen molar-refractivity contribution in [2.45, 2.75) is 32.6 Å². The van der Waals surface area contributed by atoms with Crippen LogP contribution in [-0.4, -0.2) is 28.3 Å². The van der Waals surface area contributed by atoms with E-state index in [9.17, 15) is 0 Å². The van der Waals surface area contributed by atoms with Crippen molar-refractivity contribution in [3.8, 4) is 0 Å². The first-order valence-corrected chi connectivity index (χ1v) is 9.86. The molecule has 0 unspecified atom stereocenters. The number of benzene rings is 2. The van der Waals surface area contributed by atoms with Crippen molar-refractivity contribution in [2.75, 3.05) is 28.6 Å². The molecule has 0 amide bonds. The molecule has 1 aromatic heterocycles. The molecule has 1 fully saturated rings. The number of nitrogens with one attached hydrogen (secondary N) is 2. The molecular weight excluding hydrogens is 348 g/mol. The van der Waals surface area contributed by atoms with Crippen LogP contribution in [0.4, 0.5) is 28.8 Å². The maximum absolute atomic E-state index is 4.51. The summed E-state index contributed by atoms with van der Waals surface area (Å²) < 4.78 is 0. The zero-order chi connectivity index (χ0) is 19.3. The second-order valence-corrected chi connectivity index (χ2v) is 7.43. The monoisotopic (exact) mass is 374 g/mol. The highest BCUT2D eigenvalue weighted by Crippen LogP contribution is 2.24. The number of anilines is 5. The summed E-state index contributed by atoms with van der Waals surface area (Å²) in [6.45, 7) is 6.66. The van der Waals surface area contributed by atoms with Crippen LogP contribution in [0.3, 0.4) is 0 Å². The molecule has 6 nitrogen and oxygen atoms in total. The minimum atomic E-state index is 0.470. The van der Waals surface area contributed by atoms with E-state index in [0.717, 1.165) is 24.5 Å². The van der Waals surface area contributed by atoms with E-state index >= 15 is 0 Å². The molecule has 0 radical (unpaired) electrons. The predicted octanol–water partition coefficient (Wildman–Crippen LogP) is 5.08. The van der Waals surface area contributed by atoms with Crippen LogP contribution in [0.2, 0.25) is 0 Å². The molecule has 28 heavy (non-hydrogen) atoms. The molecule has 2 heterocycles. The highest BCUT2D eigenvalue weighted by Gasteiger charge is 2.12. The Morgan fingerprint density at radius 3 is 2.18 bits per heavy atom. The molecular formula is C22H26N6. The van der Waals surface area contributed by atoms with E-state index in [1.165, 1.54) is 24.1 Å². The first-order chi connectivity index (χ1) is 13.7. The Bertz CT molecular complexity index is 899. The van der Waals surface area contributed by atoms with Crippen molar-refractivity contribution in [3.05, 3.63) is 60.3 Å². The molecule has 6 heteroatoms. The SMILES string of the molecule is CC(C)c1ccc(Nc2cnnc(Nc3ccc(N4CCCC4)cc3)n2)cc1. The Morgan fingerprint density at radius 1 is 0.857 bits per heavy atom. The van der Waals surface area contributed by atoms with E-state index in [-0.39, 0.29) is 0 Å². The lowest BCUT2D eigenvalue weighted by molar-refractivity contribution is 0.867. The normalized spacial score (nSPS) is 13.8. The average molecular weight is 374 g/mol. The molecule has 0 aliphatic carbocycles. The fourth-order valence-electron chi connectivity index (χ4n) is 3.38. The van der Waals surface area contributed by atoms with E-state index in [1.807, 2.05) is 0 Å². The first kappa shape index (κ1) is 18.2. The highest BCUT2D eigenvalue weighted by molar-refractivity contribution is 5.61. The summed E-state index contributed by atoms with van der Waals surface area (Å²) in [5.41, 5.74) is 4.50. The van der Waals surface area contributed by atoms with Gasteiger partial charge in [-0.25, -0.2) is 0 Å². The second-order valence-electron chi connectivity index (χ2n) is 7.43. The van der Waals surface area contributed by atoms with Crippen LogP contribution in [0.25, 0.3) is 0 Å². The molecule has 2 aromatic carbocycles. The van der Waals surface area contributed by atoms with Gasteiger partial charge in [-0.05, 0) is 60.7 Å². The van der Waals surface area contributed by atoms with E-state index in [1.54, 1.807) is 6.20 Å². The average Bonchev–Trinajstić information content (AvgIpc) is 3.24. The zero-order valence-corrected chi connectivity index (χ0v) is 16.4. The molecule has 0 atom stereocenters. The summed E-state index contributed by atoms with van der Waals surface area (Å²) in [6, 6.07) is 16.8. The maximum Gasteiger partial charge on any atom is 0.249 e. The Balaban J connectivity index is 1.42. The number of rotatable bonds is 6. The molecule has 0 saturated carbocycles. The van der Waals surface area contributed by atoms with Crippen molar-refractivity contribution in [1.82, 2.24) is 15.2 Å². The molecule has 3 aromatic rings. The molecule has 144 valence electrons. The van der Waals surface area contributed by atoms with Crippen molar-refractivity contribution < 1.29 is 0 Å². The van der Waals surface area contributed by atoms with Gasteiger partial charge in [-0.2, -0.15) is 10.1 Å². The third-order valence-corrected chi connectivity index (χ3v) is 5.00. The van der Waals surface area contributed by atoms with Gasteiger partial charge in [-0.1, -0.05) is 26.0 Å². The van der Waals surface area contributed by atoms with Gasteiger partial charge >= 0.3 is 0 Å². The van der Waals surface area contributed by atoms with Crippen LogP contribution >= 0.6 is 0 Å². The van der Waals surface area contributed by atoms with Gasteiger partial charge in [0.2, 0.25) is 5.95 Å². The minimum absolute atomic E-state index is 0.470. The fraction of sp³-hybridized carbons (Fsp3) is 0.318. The number of hydrogen-bond acceptors (Lipinski definition) is 6. The molecule has 1 aliphatic heterocycles. The molecule has 0 spiro atoms. The van der Waals surface area contributed by atoms with E-state index < -0.39 is 0 Å². The lowest BCUT2D eigenvalue weighted by atomic mass is 10.0. The van der Waals surface area contributed by atoms with E-state index in [0.29, 0.717) is 17.7 Å². The van der Waals surface area contributed by atoms with Gasteiger partial charge < -0.3 is 15.5 Å². The van der Waals surface area contributed by atoms with Gasteiger partial charge in [0.1, 0.15) is 0 Å². The summed E-state index contributed by atoms with van der Waals surface area (Å²) in [4.78, 5) is 6.93. The number of nitrogens with zero attached hydrogens (tertiary/aromatic N) is 4. The summed E-state index contributed by atoms with van der Waals surface area (Å²) in [5, 5.41) is 14.7. The zero-order valence-electron chi connectivity index (χ0n) is 16.4. The van der Waals surface area contributed by atoms with E-state index in [2.05, 4.69) is 93.1 Å². The van der Waals surface area contributed by atoms with E-state index in [4.69, 9.17) is 0 Å². The van der Waals surface area contributed by atoms with Crippen LogP contribution in [0.15, 0.2) is 54.7 Å². The van der Waals surface area contributed by atoms with Gasteiger partial charge in [0.25, 0.3) is 0 Å². The largest absolute Gasteiger partial charge is 0.372 e. The predicted molar refractivity (Wildman–Crippen MR) is 115 cm³/mol. The van der Waals surface area contributed by atoms with Crippen LogP contribution in [0.5, 0.6) is 0 Å². The van der Waals surface area contributed by atoms with Crippen molar-refractivity contribution in [3.63, 3.8) is 0 Å². The first-order valence-electron chi connectivity index (χ1n) is 9.86. The summed E-state index contributed by atoms with van der Waals surface area (Å²) in [6.07, 6.45) is 4.18. The Morgan fingerprint density at radius 2 is 1.50 bits per heavy atom. The van der Waals surface area contributed by atoms with Gasteiger partial charge in [-0.3, -0.25) is 0 Å². The van der Waals surface area contributed by atoms with Crippen LogP contribution < -0.4 is 15.5 Å². The molecule has 1 saturated heterocycles. The summed E-state index contributed by atoms with van der Waals surface area (Å²) >= 11 is 0. The van der Waals surface area contributed by atoms with Gasteiger partial charge in [-0.15, -0.1) is 5.10 Å². The Kier molecular flexibility index (Phi) is 5.37. The number of aromatic nitrogens is 3. The standard InChI is InChI=1S/C22H26N6/c1-16(2)17-5-7-18(8-6-17)24-21-15-23-27-22(26-21)25-19-9-11-20(12-10-19)28-13-3-4-14-28/h5-12,15-16H,3-4,13-14H2,1-2H3,(H2,24,25,26,27). The van der Waals surface area contributed by atoms with Crippen LogP contribution in [0.1, 0.15) is 38.2 Å². The Labute approximate surface area is 166 Å². The maximum atomic E-state index is 4.51. The highest BCUT2D eigenvalue weighted by atomic mass is 15.3. The summed E-state index contributed by atoms with van der Waals surface area (Å²) in [5.74, 6) is 1.64. The smallest absolute Gasteiger partial charge is 0.249 e. The van der Waals surface area contributed by atoms with Crippen LogP contribution in [-0.2, 0) is 0 Å². The summed E-state index contributed by atoms with van der Waals surface area (Å²) in [7, 11) is 0. The third kappa shape index (κ3) is 4.39. The molecule has 1 aliphatic rings. The van der Waals surface area contributed by atoms with Gasteiger partial charge in [0.15, 0.2) is 5.82 Å². The van der Waals surface area contributed by atoms with Gasteiger partial charge in [0.05, 0.1) is 6.20 Å². The van der Waals surface area contributed by atoms with Crippen molar-refractivity contribution in [1.29, 1.82) is 0 Å². The van der Waals surface area contributed by atoms with Crippen molar-refractivity contribution >= 4 is 28.8 Å². The quantitative estimate of drug-likeness (QED) is 0.627. The number of hydrogen-bond donors (Lipinski definition) is 2. The fourth-order valence-corrected chi connectivity index (χ4v) is 3.38. The lowest BCUT2D eigenvalue weighted by Gasteiger charge is -2.17. The molecule has 0 bridgehead atoms. The molecule has 2 N–H and O–H groups in total. The minimum Gasteiger partial charge on any atom is -0.372 e. The Hall–Kier alpha value is -3.15. The van der Waals surface area contributed by atoms with Crippen molar-refractivity contribution in [2.24, 2.45) is 0 Å². The van der Waals surface area contributed by atoms with Crippen LogP contribution in [0, 0.1) is 0 Å². The lowest BCUT2D eigenvalue weighted by Crippen LogP contribution is -2.17.